The Labute approximate surface area is 144 Å². The molecule has 0 bridgehead atoms. The van der Waals surface area contributed by atoms with Crippen molar-refractivity contribution in [1.82, 2.24) is 4.72 Å². The molecule has 0 aliphatic carbocycles. The SMILES string of the molecule is Cc1ccc(C)c(S(=O)(=O)NCC(O)c2cccc(C(F)(F)F)c2)c1. The highest BCUT2D eigenvalue weighted by Gasteiger charge is 2.31. The molecule has 2 aromatic rings. The second-order valence-electron chi connectivity index (χ2n) is 5.76. The zero-order valence-electron chi connectivity index (χ0n) is 13.6. The van der Waals surface area contributed by atoms with Gasteiger partial charge in [0.15, 0.2) is 0 Å². The zero-order valence-corrected chi connectivity index (χ0v) is 14.4. The number of aliphatic hydroxyl groups excluding tert-OH is 1. The van der Waals surface area contributed by atoms with Gasteiger partial charge in [-0.2, -0.15) is 13.2 Å². The van der Waals surface area contributed by atoms with Crippen molar-refractivity contribution < 1.29 is 26.7 Å². The molecule has 2 aromatic carbocycles. The Morgan fingerprint density at radius 3 is 2.44 bits per heavy atom. The molecule has 2 N–H and O–H groups in total. The molecule has 136 valence electrons. The molecule has 25 heavy (non-hydrogen) atoms. The van der Waals surface area contributed by atoms with Gasteiger partial charge < -0.3 is 5.11 Å². The number of nitrogens with one attached hydrogen (secondary N) is 1. The van der Waals surface area contributed by atoms with Crippen LogP contribution in [0.15, 0.2) is 47.4 Å². The summed E-state index contributed by atoms with van der Waals surface area (Å²) in [5, 5.41) is 10.1. The number of aliphatic hydroxyl groups is 1. The van der Waals surface area contributed by atoms with Crippen molar-refractivity contribution in [2.45, 2.75) is 31.0 Å². The Bertz CT molecular complexity index is 864. The Morgan fingerprint density at radius 2 is 1.80 bits per heavy atom. The number of rotatable bonds is 5. The van der Waals surface area contributed by atoms with Crippen LogP contribution in [0.3, 0.4) is 0 Å². The lowest BCUT2D eigenvalue weighted by molar-refractivity contribution is -0.137. The summed E-state index contributed by atoms with van der Waals surface area (Å²) in [5.74, 6) is 0. The number of hydrogen-bond acceptors (Lipinski definition) is 3. The first-order valence-corrected chi connectivity index (χ1v) is 8.91. The van der Waals surface area contributed by atoms with Crippen LogP contribution in [0.1, 0.15) is 28.4 Å². The van der Waals surface area contributed by atoms with E-state index in [0.717, 1.165) is 17.7 Å². The predicted octanol–water partition coefficient (Wildman–Crippen LogP) is 3.33. The van der Waals surface area contributed by atoms with E-state index >= 15 is 0 Å². The van der Waals surface area contributed by atoms with E-state index in [-0.39, 0.29) is 10.5 Å². The van der Waals surface area contributed by atoms with Crippen LogP contribution in [0.5, 0.6) is 0 Å². The van der Waals surface area contributed by atoms with Gasteiger partial charge in [0.05, 0.1) is 16.6 Å². The van der Waals surface area contributed by atoms with Gasteiger partial charge in [0, 0.05) is 6.54 Å². The average Bonchev–Trinajstić information content (AvgIpc) is 2.54. The van der Waals surface area contributed by atoms with Gasteiger partial charge in [-0.05, 0) is 48.7 Å². The molecule has 0 radical (unpaired) electrons. The molecule has 0 aliphatic heterocycles. The van der Waals surface area contributed by atoms with E-state index in [1.165, 1.54) is 18.2 Å². The highest BCUT2D eigenvalue weighted by Crippen LogP contribution is 2.30. The van der Waals surface area contributed by atoms with Gasteiger partial charge in [0.25, 0.3) is 0 Å². The summed E-state index contributed by atoms with van der Waals surface area (Å²) in [6.07, 6.45) is -5.93. The maximum absolute atomic E-state index is 12.7. The van der Waals surface area contributed by atoms with E-state index in [9.17, 15) is 26.7 Å². The number of alkyl halides is 3. The molecule has 0 spiro atoms. The van der Waals surface area contributed by atoms with Gasteiger partial charge in [-0.3, -0.25) is 0 Å². The molecule has 4 nitrogen and oxygen atoms in total. The van der Waals surface area contributed by atoms with Crippen LogP contribution >= 0.6 is 0 Å². The maximum Gasteiger partial charge on any atom is 0.416 e. The van der Waals surface area contributed by atoms with Crippen LogP contribution in [-0.2, 0) is 16.2 Å². The minimum Gasteiger partial charge on any atom is -0.387 e. The van der Waals surface area contributed by atoms with Crippen LogP contribution in [0.25, 0.3) is 0 Å². The van der Waals surface area contributed by atoms with E-state index in [1.54, 1.807) is 26.0 Å². The molecular weight excluding hydrogens is 355 g/mol. The van der Waals surface area contributed by atoms with Gasteiger partial charge in [0.1, 0.15) is 0 Å². The predicted molar refractivity (Wildman–Crippen MR) is 87.5 cm³/mol. The largest absolute Gasteiger partial charge is 0.416 e. The molecule has 0 heterocycles. The lowest BCUT2D eigenvalue weighted by Gasteiger charge is -2.15. The third-order valence-corrected chi connectivity index (χ3v) is 5.26. The molecule has 0 aromatic heterocycles. The Kier molecular flexibility index (Phi) is 5.55. The first-order valence-electron chi connectivity index (χ1n) is 7.43. The van der Waals surface area contributed by atoms with Crippen molar-refractivity contribution in [3.63, 3.8) is 0 Å². The standard InChI is InChI=1S/C17H18F3NO3S/c1-11-6-7-12(2)16(8-11)25(23,24)21-10-15(22)13-4-3-5-14(9-13)17(18,19)20/h3-9,15,21-22H,10H2,1-2H3. The second kappa shape index (κ2) is 7.15. The third-order valence-electron chi connectivity index (χ3n) is 3.70. The van der Waals surface area contributed by atoms with E-state index in [4.69, 9.17) is 0 Å². The number of sulfonamides is 1. The number of halogens is 3. The van der Waals surface area contributed by atoms with Crippen LogP contribution in [0.4, 0.5) is 13.2 Å². The first-order chi connectivity index (χ1) is 11.5. The molecule has 0 saturated carbocycles. The van der Waals surface area contributed by atoms with Crippen molar-refractivity contribution >= 4 is 10.0 Å². The van der Waals surface area contributed by atoms with Crippen LogP contribution in [0, 0.1) is 13.8 Å². The lowest BCUT2D eigenvalue weighted by Crippen LogP contribution is -2.29. The van der Waals surface area contributed by atoms with Crippen molar-refractivity contribution in [2.75, 3.05) is 6.54 Å². The summed E-state index contributed by atoms with van der Waals surface area (Å²) in [5.41, 5.74) is 0.371. The van der Waals surface area contributed by atoms with Gasteiger partial charge in [-0.25, -0.2) is 13.1 Å². The molecule has 1 unspecified atom stereocenters. The summed E-state index contributed by atoms with van der Waals surface area (Å²) in [4.78, 5) is 0.0729. The maximum atomic E-state index is 12.7. The van der Waals surface area contributed by atoms with Crippen LogP contribution in [-0.4, -0.2) is 20.1 Å². The molecule has 1 atom stereocenters. The lowest BCUT2D eigenvalue weighted by atomic mass is 10.1. The van der Waals surface area contributed by atoms with E-state index in [0.29, 0.717) is 5.56 Å². The molecule has 2 rings (SSSR count). The summed E-state index contributed by atoms with van der Waals surface area (Å²) < 4.78 is 65.1. The Balaban J connectivity index is 2.16. The van der Waals surface area contributed by atoms with Gasteiger partial charge in [-0.1, -0.05) is 24.3 Å². The summed E-state index contributed by atoms with van der Waals surface area (Å²) in [7, 11) is -3.89. The second-order valence-corrected chi connectivity index (χ2v) is 7.50. The quantitative estimate of drug-likeness (QED) is 0.845. The first kappa shape index (κ1) is 19.4. The minimum atomic E-state index is -4.53. The molecule has 0 saturated heterocycles. The van der Waals surface area contributed by atoms with Crippen molar-refractivity contribution in [3.05, 3.63) is 64.7 Å². The molecule has 0 amide bonds. The average molecular weight is 373 g/mol. The van der Waals surface area contributed by atoms with Gasteiger partial charge in [-0.15, -0.1) is 0 Å². The molecular formula is C17H18F3NO3S. The van der Waals surface area contributed by atoms with Crippen LogP contribution < -0.4 is 4.72 Å². The number of aryl methyl sites for hydroxylation is 2. The van der Waals surface area contributed by atoms with Crippen molar-refractivity contribution in [3.8, 4) is 0 Å². The topological polar surface area (TPSA) is 66.4 Å². The van der Waals surface area contributed by atoms with Crippen molar-refractivity contribution in [2.24, 2.45) is 0 Å². The van der Waals surface area contributed by atoms with E-state index in [2.05, 4.69) is 4.72 Å². The summed E-state index contributed by atoms with van der Waals surface area (Å²) in [6, 6.07) is 9.09. The minimum absolute atomic E-state index is 0.0153. The van der Waals surface area contributed by atoms with Crippen molar-refractivity contribution in [1.29, 1.82) is 0 Å². The highest BCUT2D eigenvalue weighted by atomic mass is 32.2. The Morgan fingerprint density at radius 1 is 1.12 bits per heavy atom. The zero-order chi connectivity index (χ0) is 18.8. The van der Waals surface area contributed by atoms with Gasteiger partial charge in [0.2, 0.25) is 10.0 Å². The third kappa shape index (κ3) is 4.81. The van der Waals surface area contributed by atoms with Gasteiger partial charge >= 0.3 is 6.18 Å². The van der Waals surface area contributed by atoms with Crippen LogP contribution in [0.2, 0.25) is 0 Å². The number of hydrogen-bond donors (Lipinski definition) is 2. The Hall–Kier alpha value is -1.90. The smallest absolute Gasteiger partial charge is 0.387 e. The van der Waals surface area contributed by atoms with E-state index < -0.39 is 34.4 Å². The fraction of sp³-hybridized carbons (Fsp3) is 0.294. The normalized spacial score (nSPS) is 13.7. The fourth-order valence-electron chi connectivity index (χ4n) is 2.30. The molecule has 0 fully saturated rings. The molecule has 8 heteroatoms. The monoisotopic (exact) mass is 373 g/mol. The summed E-state index contributed by atoms with van der Waals surface area (Å²) in [6.45, 7) is 2.95. The van der Waals surface area contributed by atoms with E-state index in [1.807, 2.05) is 0 Å². The summed E-state index contributed by atoms with van der Waals surface area (Å²) >= 11 is 0. The number of benzene rings is 2. The fourth-order valence-corrected chi connectivity index (χ4v) is 3.67. The molecule has 0 aliphatic rings. The highest BCUT2D eigenvalue weighted by molar-refractivity contribution is 7.89.